The molecule has 0 spiro atoms. The van der Waals surface area contributed by atoms with Gasteiger partial charge in [0.15, 0.2) is 11.5 Å². The Bertz CT molecular complexity index is 665. The van der Waals surface area contributed by atoms with Crippen LogP contribution in [0.15, 0.2) is 34.9 Å². The number of nitrogens with one attached hydrogen (secondary N) is 1. The topological polar surface area (TPSA) is 64.4 Å². The Morgan fingerprint density at radius 1 is 1.45 bits per heavy atom. The average molecular weight is 321 g/mol. The predicted octanol–water partition coefficient (Wildman–Crippen LogP) is 3.29. The Morgan fingerprint density at radius 2 is 2.32 bits per heavy atom. The van der Waals surface area contributed by atoms with Crippen molar-refractivity contribution in [3.8, 4) is 11.3 Å². The summed E-state index contributed by atoms with van der Waals surface area (Å²) in [4.78, 5) is 12.2. The third-order valence-electron chi connectivity index (χ3n) is 3.73. The van der Waals surface area contributed by atoms with E-state index in [1.165, 1.54) is 0 Å². The van der Waals surface area contributed by atoms with Gasteiger partial charge in [-0.15, -0.1) is 0 Å². The van der Waals surface area contributed by atoms with Crippen LogP contribution in [0.25, 0.3) is 11.3 Å². The van der Waals surface area contributed by atoms with Crippen LogP contribution in [-0.2, 0) is 4.74 Å². The molecule has 1 aromatic carbocycles. The molecule has 116 valence electrons. The van der Waals surface area contributed by atoms with E-state index in [0.717, 1.165) is 25.0 Å². The SMILES string of the molecule is C[C@H](NC(=O)c1cc(-c2cccc(Cl)c2)on1)[C@H]1CCCO1. The fourth-order valence-electron chi connectivity index (χ4n) is 2.53. The maximum atomic E-state index is 12.2. The lowest BCUT2D eigenvalue weighted by atomic mass is 10.1. The first kappa shape index (κ1) is 15.1. The Balaban J connectivity index is 1.69. The maximum absolute atomic E-state index is 12.2. The average Bonchev–Trinajstić information content (AvgIpc) is 3.19. The van der Waals surface area contributed by atoms with Crippen molar-refractivity contribution < 1.29 is 14.1 Å². The number of carbonyl (C=O) groups is 1. The van der Waals surface area contributed by atoms with Crippen LogP contribution in [0.4, 0.5) is 0 Å². The first-order chi connectivity index (χ1) is 10.6. The lowest BCUT2D eigenvalue weighted by molar-refractivity contribution is 0.0707. The van der Waals surface area contributed by atoms with Gasteiger partial charge in [0.2, 0.25) is 0 Å². The monoisotopic (exact) mass is 320 g/mol. The van der Waals surface area contributed by atoms with Gasteiger partial charge < -0.3 is 14.6 Å². The molecular weight excluding hydrogens is 304 g/mol. The Labute approximate surface area is 133 Å². The molecular formula is C16H17ClN2O3. The molecule has 22 heavy (non-hydrogen) atoms. The molecule has 1 fully saturated rings. The van der Waals surface area contributed by atoms with Crippen molar-refractivity contribution in [3.63, 3.8) is 0 Å². The molecule has 1 aliphatic heterocycles. The molecule has 1 aromatic heterocycles. The van der Waals surface area contributed by atoms with Crippen molar-refractivity contribution in [1.29, 1.82) is 0 Å². The molecule has 1 N–H and O–H groups in total. The van der Waals surface area contributed by atoms with Crippen LogP contribution in [0.2, 0.25) is 5.02 Å². The zero-order valence-corrected chi connectivity index (χ0v) is 13.0. The Morgan fingerprint density at radius 3 is 3.05 bits per heavy atom. The number of halogens is 1. The number of nitrogens with zero attached hydrogens (tertiary/aromatic N) is 1. The van der Waals surface area contributed by atoms with Crippen LogP contribution >= 0.6 is 11.6 Å². The molecule has 1 aliphatic rings. The minimum atomic E-state index is -0.264. The van der Waals surface area contributed by atoms with E-state index in [1.807, 2.05) is 19.1 Å². The standard InChI is InChI=1S/C16H17ClN2O3/c1-10(14-6-3-7-21-14)18-16(20)13-9-15(22-19-13)11-4-2-5-12(17)8-11/h2,4-5,8-10,14H,3,6-7H2,1H3,(H,18,20)/t10-,14+/m0/s1. The largest absolute Gasteiger partial charge is 0.376 e. The maximum Gasteiger partial charge on any atom is 0.273 e. The molecule has 3 rings (SSSR count). The van der Waals surface area contributed by atoms with Gasteiger partial charge in [-0.2, -0.15) is 0 Å². The predicted molar refractivity (Wildman–Crippen MR) is 82.9 cm³/mol. The Kier molecular flexibility index (Phi) is 4.45. The molecule has 2 atom stereocenters. The highest BCUT2D eigenvalue weighted by Gasteiger charge is 2.25. The molecule has 0 radical (unpaired) electrons. The summed E-state index contributed by atoms with van der Waals surface area (Å²) in [5, 5.41) is 7.34. The highest BCUT2D eigenvalue weighted by molar-refractivity contribution is 6.30. The number of carbonyl (C=O) groups excluding carboxylic acids is 1. The van der Waals surface area contributed by atoms with Crippen molar-refractivity contribution in [3.05, 3.63) is 41.0 Å². The molecule has 1 saturated heterocycles. The third kappa shape index (κ3) is 3.31. The number of hydrogen-bond donors (Lipinski definition) is 1. The number of hydrogen-bond acceptors (Lipinski definition) is 4. The highest BCUT2D eigenvalue weighted by Crippen LogP contribution is 2.23. The van der Waals surface area contributed by atoms with E-state index in [1.54, 1.807) is 18.2 Å². The summed E-state index contributed by atoms with van der Waals surface area (Å²) in [6.45, 7) is 2.69. The van der Waals surface area contributed by atoms with Gasteiger partial charge in [0, 0.05) is 23.3 Å². The van der Waals surface area contributed by atoms with E-state index in [4.69, 9.17) is 20.9 Å². The number of amides is 1. The molecule has 2 aromatic rings. The number of aromatic nitrogens is 1. The fourth-order valence-corrected chi connectivity index (χ4v) is 2.72. The van der Waals surface area contributed by atoms with Crippen LogP contribution < -0.4 is 5.32 Å². The summed E-state index contributed by atoms with van der Waals surface area (Å²) in [6.07, 6.45) is 2.07. The van der Waals surface area contributed by atoms with Crippen LogP contribution in [0.5, 0.6) is 0 Å². The second-order valence-corrected chi connectivity index (χ2v) is 5.84. The van der Waals surface area contributed by atoms with Gasteiger partial charge >= 0.3 is 0 Å². The van der Waals surface area contributed by atoms with Crippen LogP contribution in [0.3, 0.4) is 0 Å². The van der Waals surface area contributed by atoms with Crippen LogP contribution in [0.1, 0.15) is 30.3 Å². The van der Waals surface area contributed by atoms with E-state index in [9.17, 15) is 4.79 Å². The molecule has 2 heterocycles. The van der Waals surface area contributed by atoms with E-state index in [2.05, 4.69) is 10.5 Å². The molecule has 1 amide bonds. The Hall–Kier alpha value is -1.85. The summed E-state index contributed by atoms with van der Waals surface area (Å²) in [5.41, 5.74) is 1.03. The summed E-state index contributed by atoms with van der Waals surface area (Å²) < 4.78 is 10.8. The van der Waals surface area contributed by atoms with E-state index < -0.39 is 0 Å². The minimum absolute atomic E-state index is 0.0543. The van der Waals surface area contributed by atoms with Crippen molar-refractivity contribution in [2.45, 2.75) is 31.9 Å². The van der Waals surface area contributed by atoms with Crippen molar-refractivity contribution in [1.82, 2.24) is 10.5 Å². The summed E-state index contributed by atoms with van der Waals surface area (Å²) >= 11 is 5.95. The lowest BCUT2D eigenvalue weighted by Gasteiger charge is -2.19. The zero-order valence-electron chi connectivity index (χ0n) is 12.2. The van der Waals surface area contributed by atoms with E-state index >= 15 is 0 Å². The third-order valence-corrected chi connectivity index (χ3v) is 3.97. The minimum Gasteiger partial charge on any atom is -0.376 e. The van der Waals surface area contributed by atoms with Gasteiger partial charge in [0.25, 0.3) is 5.91 Å². The fraction of sp³-hybridized carbons (Fsp3) is 0.375. The van der Waals surface area contributed by atoms with Gasteiger partial charge in [0.05, 0.1) is 12.1 Å². The summed E-state index contributed by atoms with van der Waals surface area (Å²) in [7, 11) is 0. The van der Waals surface area contributed by atoms with Crippen molar-refractivity contribution in [2.24, 2.45) is 0 Å². The van der Waals surface area contributed by atoms with Crippen LogP contribution in [-0.4, -0.2) is 29.8 Å². The first-order valence-corrected chi connectivity index (χ1v) is 7.66. The molecule has 5 nitrogen and oxygen atoms in total. The number of ether oxygens (including phenoxy) is 1. The molecule has 0 aliphatic carbocycles. The van der Waals surface area contributed by atoms with Gasteiger partial charge in [-0.05, 0) is 31.9 Å². The highest BCUT2D eigenvalue weighted by atomic mass is 35.5. The van der Waals surface area contributed by atoms with Gasteiger partial charge in [-0.1, -0.05) is 28.9 Å². The molecule has 0 saturated carbocycles. The van der Waals surface area contributed by atoms with Gasteiger partial charge in [0.1, 0.15) is 0 Å². The van der Waals surface area contributed by atoms with Crippen molar-refractivity contribution >= 4 is 17.5 Å². The zero-order chi connectivity index (χ0) is 15.5. The van der Waals surface area contributed by atoms with E-state index in [0.29, 0.717) is 10.8 Å². The molecule has 0 bridgehead atoms. The van der Waals surface area contributed by atoms with Crippen molar-refractivity contribution in [2.75, 3.05) is 6.61 Å². The normalized spacial score (nSPS) is 19.1. The van der Waals surface area contributed by atoms with E-state index in [-0.39, 0.29) is 23.7 Å². The first-order valence-electron chi connectivity index (χ1n) is 7.28. The molecule has 0 unspecified atom stereocenters. The summed E-state index contributed by atoms with van der Waals surface area (Å²) in [6, 6.07) is 8.77. The summed E-state index contributed by atoms with van der Waals surface area (Å²) in [5.74, 6) is 0.248. The number of benzene rings is 1. The second kappa shape index (κ2) is 6.50. The smallest absolute Gasteiger partial charge is 0.273 e. The number of rotatable bonds is 4. The lowest BCUT2D eigenvalue weighted by Crippen LogP contribution is -2.40. The molecule has 6 heteroatoms. The van der Waals surface area contributed by atoms with Gasteiger partial charge in [-0.3, -0.25) is 4.79 Å². The quantitative estimate of drug-likeness (QED) is 0.938. The van der Waals surface area contributed by atoms with Crippen LogP contribution in [0, 0.1) is 0 Å². The second-order valence-electron chi connectivity index (χ2n) is 5.40. The van der Waals surface area contributed by atoms with Gasteiger partial charge in [-0.25, -0.2) is 0 Å².